The number of nitrogens with one attached hydrogen (secondary N) is 2. The highest BCUT2D eigenvalue weighted by Gasteiger charge is 2.29. The van der Waals surface area contributed by atoms with Gasteiger partial charge in [-0.05, 0) is 25.0 Å². The van der Waals surface area contributed by atoms with Crippen molar-refractivity contribution < 1.29 is 29.0 Å². The molecule has 0 aliphatic rings. The number of esters is 1. The molecule has 0 heterocycles. The normalized spacial score (nSPS) is 13.4. The third kappa shape index (κ3) is 7.56. The number of carbonyl (C=O) groups excluding carboxylic acids is 3. The molecule has 0 fully saturated rings. The lowest BCUT2D eigenvalue weighted by Crippen LogP contribution is -2.55. The Morgan fingerprint density at radius 2 is 1.33 bits per heavy atom. The maximum atomic E-state index is 12.4. The van der Waals surface area contributed by atoms with E-state index in [0.717, 1.165) is 11.1 Å². The standard InChI is InChI=1S/C22H26N2O6/c1-15(21(27)29-13-17-9-5-3-6-10-17)23-20(26)19(16(2)25)24-22(28)30-14-18-11-7-4-8-12-18/h3-12,15-16,19,25H,13-14H2,1-2H3,(H,23,26)(H,24,28)/t15-,16+,19+/m0/s1. The molecule has 0 aliphatic heterocycles. The fraction of sp³-hybridized carbons (Fsp3) is 0.318. The average molecular weight is 414 g/mol. The van der Waals surface area contributed by atoms with E-state index in [1.54, 1.807) is 24.3 Å². The molecule has 2 aromatic rings. The lowest BCUT2D eigenvalue weighted by atomic mass is 10.1. The molecule has 160 valence electrons. The smallest absolute Gasteiger partial charge is 0.408 e. The minimum absolute atomic E-state index is 0.0169. The van der Waals surface area contributed by atoms with Crippen LogP contribution in [-0.4, -0.2) is 41.3 Å². The first-order valence-corrected chi connectivity index (χ1v) is 9.53. The second-order valence-corrected chi connectivity index (χ2v) is 6.75. The maximum Gasteiger partial charge on any atom is 0.408 e. The van der Waals surface area contributed by atoms with E-state index in [1.165, 1.54) is 13.8 Å². The van der Waals surface area contributed by atoms with Crippen LogP contribution in [0.25, 0.3) is 0 Å². The highest BCUT2D eigenvalue weighted by Crippen LogP contribution is 2.04. The molecule has 8 heteroatoms. The van der Waals surface area contributed by atoms with Gasteiger partial charge in [0, 0.05) is 0 Å². The second kappa shape index (κ2) is 11.6. The Morgan fingerprint density at radius 3 is 1.83 bits per heavy atom. The Bertz CT molecular complexity index is 826. The van der Waals surface area contributed by atoms with Crippen molar-refractivity contribution >= 4 is 18.0 Å². The average Bonchev–Trinajstić information content (AvgIpc) is 2.75. The first-order chi connectivity index (χ1) is 14.4. The van der Waals surface area contributed by atoms with E-state index in [9.17, 15) is 19.5 Å². The number of carbonyl (C=O) groups is 3. The van der Waals surface area contributed by atoms with Crippen molar-refractivity contribution in [3.63, 3.8) is 0 Å². The minimum atomic E-state index is -1.29. The van der Waals surface area contributed by atoms with Gasteiger partial charge >= 0.3 is 12.1 Å². The fourth-order valence-electron chi connectivity index (χ4n) is 2.51. The summed E-state index contributed by atoms with van der Waals surface area (Å²) in [6.45, 7) is 2.89. The second-order valence-electron chi connectivity index (χ2n) is 6.75. The number of rotatable bonds is 9. The lowest BCUT2D eigenvalue weighted by Gasteiger charge is -2.22. The third-order valence-corrected chi connectivity index (χ3v) is 4.19. The van der Waals surface area contributed by atoms with Gasteiger partial charge < -0.3 is 25.2 Å². The molecular weight excluding hydrogens is 388 g/mol. The lowest BCUT2D eigenvalue weighted by molar-refractivity contribution is -0.149. The number of hydrogen-bond acceptors (Lipinski definition) is 6. The summed E-state index contributed by atoms with van der Waals surface area (Å²) in [7, 11) is 0. The molecule has 8 nitrogen and oxygen atoms in total. The number of aliphatic hydroxyl groups excluding tert-OH is 1. The van der Waals surface area contributed by atoms with Gasteiger partial charge in [0.25, 0.3) is 0 Å². The van der Waals surface area contributed by atoms with Crippen molar-refractivity contribution in [2.75, 3.05) is 0 Å². The first-order valence-electron chi connectivity index (χ1n) is 9.53. The van der Waals surface area contributed by atoms with Crippen LogP contribution in [0.15, 0.2) is 60.7 Å². The summed E-state index contributed by atoms with van der Waals surface area (Å²) in [5.41, 5.74) is 1.59. The Morgan fingerprint density at radius 1 is 0.833 bits per heavy atom. The van der Waals surface area contributed by atoms with Crippen LogP contribution >= 0.6 is 0 Å². The zero-order valence-electron chi connectivity index (χ0n) is 16.9. The Kier molecular flexibility index (Phi) is 8.83. The SMILES string of the molecule is C[C@H](NC(=O)[C@H](NC(=O)OCc1ccccc1)[C@@H](C)O)C(=O)OCc1ccccc1. The van der Waals surface area contributed by atoms with Gasteiger partial charge in [0.05, 0.1) is 6.10 Å². The van der Waals surface area contributed by atoms with Crippen LogP contribution in [0.5, 0.6) is 0 Å². The van der Waals surface area contributed by atoms with Crippen LogP contribution < -0.4 is 10.6 Å². The fourth-order valence-corrected chi connectivity index (χ4v) is 2.51. The number of amides is 2. The molecule has 2 aromatic carbocycles. The molecule has 2 rings (SSSR count). The Hall–Kier alpha value is -3.39. The Balaban J connectivity index is 1.83. The van der Waals surface area contributed by atoms with Gasteiger partial charge in [-0.2, -0.15) is 0 Å². The van der Waals surface area contributed by atoms with Gasteiger partial charge in [-0.15, -0.1) is 0 Å². The minimum Gasteiger partial charge on any atom is -0.459 e. The molecular formula is C22H26N2O6. The number of ether oxygens (including phenoxy) is 2. The van der Waals surface area contributed by atoms with Gasteiger partial charge in [-0.3, -0.25) is 4.79 Å². The summed E-state index contributed by atoms with van der Waals surface area (Å²) >= 11 is 0. The van der Waals surface area contributed by atoms with Crippen molar-refractivity contribution in [1.82, 2.24) is 10.6 Å². The van der Waals surface area contributed by atoms with Crippen LogP contribution in [0.2, 0.25) is 0 Å². The molecule has 0 bridgehead atoms. The molecule has 0 unspecified atom stereocenters. The molecule has 2 amide bonds. The monoisotopic (exact) mass is 414 g/mol. The van der Waals surface area contributed by atoms with Gasteiger partial charge in [-0.1, -0.05) is 60.7 Å². The van der Waals surface area contributed by atoms with E-state index in [1.807, 2.05) is 36.4 Å². The molecule has 30 heavy (non-hydrogen) atoms. The van der Waals surface area contributed by atoms with E-state index in [0.29, 0.717) is 0 Å². The zero-order chi connectivity index (χ0) is 21.9. The molecule has 0 radical (unpaired) electrons. The van der Waals surface area contributed by atoms with E-state index in [4.69, 9.17) is 9.47 Å². The van der Waals surface area contributed by atoms with Crippen LogP contribution in [0.3, 0.4) is 0 Å². The highest BCUT2D eigenvalue weighted by atomic mass is 16.5. The number of hydrogen-bond donors (Lipinski definition) is 3. The van der Waals surface area contributed by atoms with E-state index < -0.39 is 36.2 Å². The van der Waals surface area contributed by atoms with Gasteiger partial charge in [0.2, 0.25) is 5.91 Å². The van der Waals surface area contributed by atoms with E-state index in [2.05, 4.69) is 10.6 Å². The summed E-state index contributed by atoms with van der Waals surface area (Å²) in [6, 6.07) is 15.9. The van der Waals surface area contributed by atoms with Crippen LogP contribution in [-0.2, 0) is 32.3 Å². The summed E-state index contributed by atoms with van der Waals surface area (Å²) < 4.78 is 10.2. The summed E-state index contributed by atoms with van der Waals surface area (Å²) in [5.74, 6) is -1.37. The molecule has 0 saturated carbocycles. The number of aliphatic hydroxyl groups is 1. The quantitative estimate of drug-likeness (QED) is 0.540. The predicted molar refractivity (Wildman–Crippen MR) is 109 cm³/mol. The van der Waals surface area contributed by atoms with Crippen molar-refractivity contribution in [3.05, 3.63) is 71.8 Å². The zero-order valence-corrected chi connectivity index (χ0v) is 16.9. The van der Waals surface area contributed by atoms with Crippen molar-refractivity contribution in [2.45, 2.75) is 45.2 Å². The molecule has 3 N–H and O–H groups in total. The van der Waals surface area contributed by atoms with Crippen molar-refractivity contribution in [3.8, 4) is 0 Å². The number of alkyl carbamates (subject to hydrolysis) is 1. The topological polar surface area (TPSA) is 114 Å². The van der Waals surface area contributed by atoms with Gasteiger partial charge in [-0.25, -0.2) is 9.59 Å². The summed E-state index contributed by atoms with van der Waals surface area (Å²) in [6.07, 6.45) is -2.07. The van der Waals surface area contributed by atoms with Crippen molar-refractivity contribution in [2.24, 2.45) is 0 Å². The maximum absolute atomic E-state index is 12.4. The molecule has 0 saturated heterocycles. The van der Waals surface area contributed by atoms with Crippen LogP contribution in [0, 0.1) is 0 Å². The summed E-state index contributed by atoms with van der Waals surface area (Å²) in [4.78, 5) is 36.5. The van der Waals surface area contributed by atoms with Gasteiger partial charge in [0.1, 0.15) is 25.3 Å². The predicted octanol–water partition coefficient (Wildman–Crippen LogP) is 1.91. The van der Waals surface area contributed by atoms with E-state index >= 15 is 0 Å². The summed E-state index contributed by atoms with van der Waals surface area (Å²) in [5, 5.41) is 14.6. The number of benzene rings is 2. The first kappa shape index (κ1) is 22.9. The molecule has 0 aliphatic carbocycles. The molecule has 0 spiro atoms. The Labute approximate surface area is 175 Å². The van der Waals surface area contributed by atoms with E-state index in [-0.39, 0.29) is 13.2 Å². The third-order valence-electron chi connectivity index (χ3n) is 4.19. The van der Waals surface area contributed by atoms with Crippen molar-refractivity contribution in [1.29, 1.82) is 0 Å². The van der Waals surface area contributed by atoms with Crippen LogP contribution in [0.4, 0.5) is 4.79 Å². The highest BCUT2D eigenvalue weighted by molar-refractivity contribution is 5.89. The van der Waals surface area contributed by atoms with Gasteiger partial charge in [0.15, 0.2) is 0 Å². The largest absolute Gasteiger partial charge is 0.459 e. The molecule has 3 atom stereocenters. The van der Waals surface area contributed by atoms with Crippen LogP contribution in [0.1, 0.15) is 25.0 Å². The molecule has 0 aromatic heterocycles.